The summed E-state index contributed by atoms with van der Waals surface area (Å²) in [4.78, 5) is 14.1. The zero-order valence-electron chi connectivity index (χ0n) is 13.6. The normalized spacial score (nSPS) is 10.6. The minimum Gasteiger partial charge on any atom is -0.492 e. The number of hydrogen-bond donors (Lipinski definition) is 2. The summed E-state index contributed by atoms with van der Waals surface area (Å²) in [6, 6.07) is 14.7. The number of anilines is 2. The Balaban J connectivity index is 1.89. The lowest BCUT2D eigenvalue weighted by atomic mass is 10.1. The fourth-order valence-corrected chi connectivity index (χ4v) is 2.04. The van der Waals surface area contributed by atoms with Crippen molar-refractivity contribution in [2.24, 2.45) is 0 Å². The first-order chi connectivity index (χ1) is 11.0. The average molecular weight is 313 g/mol. The van der Waals surface area contributed by atoms with E-state index >= 15 is 0 Å². The van der Waals surface area contributed by atoms with Crippen LogP contribution in [0.5, 0.6) is 5.75 Å². The summed E-state index contributed by atoms with van der Waals surface area (Å²) in [6.07, 6.45) is 0.312. The molecule has 3 N–H and O–H groups in total. The summed E-state index contributed by atoms with van der Waals surface area (Å²) >= 11 is 0. The topological polar surface area (TPSA) is 67.6 Å². The van der Waals surface area contributed by atoms with E-state index in [1.54, 1.807) is 12.1 Å². The van der Waals surface area contributed by atoms with Gasteiger partial charge in [-0.1, -0.05) is 18.2 Å². The van der Waals surface area contributed by atoms with Crippen molar-refractivity contribution < 1.29 is 9.53 Å². The van der Waals surface area contributed by atoms with Gasteiger partial charge in [-0.15, -0.1) is 0 Å². The summed E-state index contributed by atoms with van der Waals surface area (Å²) in [5, 5.41) is 2.88. The van der Waals surface area contributed by atoms with E-state index in [-0.39, 0.29) is 5.91 Å². The Kier molecular flexibility index (Phi) is 6.00. The SMILES string of the molecule is CN(C)CCOc1cccc(NC(=O)Cc2ccc(N)cc2)c1. The highest BCUT2D eigenvalue weighted by Gasteiger charge is 2.05. The molecule has 0 bridgehead atoms. The summed E-state index contributed by atoms with van der Waals surface area (Å²) in [5.41, 5.74) is 7.99. The van der Waals surface area contributed by atoms with Gasteiger partial charge in [0.15, 0.2) is 0 Å². The summed E-state index contributed by atoms with van der Waals surface area (Å²) < 4.78 is 5.66. The third-order valence-electron chi connectivity index (χ3n) is 3.27. The number of carbonyl (C=O) groups excluding carboxylic acids is 1. The van der Waals surface area contributed by atoms with Gasteiger partial charge in [-0.05, 0) is 43.9 Å². The molecule has 5 nitrogen and oxygen atoms in total. The Morgan fingerprint density at radius 1 is 1.17 bits per heavy atom. The number of likely N-dealkylation sites (N-methyl/N-ethyl adjacent to an activating group) is 1. The van der Waals surface area contributed by atoms with Crippen LogP contribution in [0.25, 0.3) is 0 Å². The van der Waals surface area contributed by atoms with Gasteiger partial charge >= 0.3 is 0 Å². The van der Waals surface area contributed by atoms with Gasteiger partial charge in [0.2, 0.25) is 5.91 Å². The molecule has 2 aromatic rings. The minimum absolute atomic E-state index is 0.0692. The minimum atomic E-state index is -0.0692. The van der Waals surface area contributed by atoms with E-state index in [9.17, 15) is 4.79 Å². The Morgan fingerprint density at radius 3 is 2.61 bits per heavy atom. The van der Waals surface area contributed by atoms with Gasteiger partial charge in [-0.25, -0.2) is 0 Å². The van der Waals surface area contributed by atoms with E-state index in [1.165, 1.54) is 0 Å². The molecule has 0 aliphatic heterocycles. The monoisotopic (exact) mass is 313 g/mol. The van der Waals surface area contributed by atoms with E-state index in [0.29, 0.717) is 18.7 Å². The molecule has 0 heterocycles. The van der Waals surface area contributed by atoms with Crippen molar-refractivity contribution in [2.75, 3.05) is 38.3 Å². The molecule has 122 valence electrons. The molecule has 2 aromatic carbocycles. The summed E-state index contributed by atoms with van der Waals surface area (Å²) in [5.74, 6) is 0.678. The Bertz CT molecular complexity index is 639. The van der Waals surface area contributed by atoms with Crippen LogP contribution in [0.2, 0.25) is 0 Å². The number of carbonyl (C=O) groups is 1. The number of hydrogen-bond acceptors (Lipinski definition) is 4. The second-order valence-corrected chi connectivity index (χ2v) is 5.65. The molecule has 0 spiro atoms. The van der Waals surface area contributed by atoms with E-state index in [1.807, 2.05) is 50.5 Å². The molecule has 0 aliphatic carbocycles. The molecule has 0 fully saturated rings. The third kappa shape index (κ3) is 6.00. The molecular weight excluding hydrogens is 290 g/mol. The maximum Gasteiger partial charge on any atom is 0.228 e. The van der Waals surface area contributed by atoms with E-state index in [2.05, 4.69) is 10.2 Å². The Hall–Kier alpha value is -2.53. The average Bonchev–Trinajstić information content (AvgIpc) is 2.49. The third-order valence-corrected chi connectivity index (χ3v) is 3.27. The lowest BCUT2D eigenvalue weighted by Crippen LogP contribution is -2.19. The number of benzene rings is 2. The predicted molar refractivity (Wildman–Crippen MR) is 93.7 cm³/mol. The van der Waals surface area contributed by atoms with Crippen molar-refractivity contribution in [1.82, 2.24) is 4.90 Å². The van der Waals surface area contributed by atoms with Gasteiger partial charge in [0.1, 0.15) is 12.4 Å². The molecule has 5 heteroatoms. The molecule has 2 rings (SSSR count). The van der Waals surface area contributed by atoms with Crippen molar-refractivity contribution >= 4 is 17.3 Å². The number of nitrogens with zero attached hydrogens (tertiary/aromatic N) is 1. The van der Waals surface area contributed by atoms with Crippen molar-refractivity contribution in [1.29, 1.82) is 0 Å². The van der Waals surface area contributed by atoms with Crippen molar-refractivity contribution in [3.05, 3.63) is 54.1 Å². The molecule has 0 atom stereocenters. The molecule has 0 saturated heterocycles. The van der Waals surface area contributed by atoms with Crippen LogP contribution in [0.4, 0.5) is 11.4 Å². The first-order valence-corrected chi connectivity index (χ1v) is 7.55. The zero-order valence-corrected chi connectivity index (χ0v) is 13.6. The van der Waals surface area contributed by atoms with Crippen LogP contribution in [-0.2, 0) is 11.2 Å². The summed E-state index contributed by atoms with van der Waals surface area (Å²) in [7, 11) is 3.99. The largest absolute Gasteiger partial charge is 0.492 e. The highest BCUT2D eigenvalue weighted by molar-refractivity contribution is 5.92. The highest BCUT2D eigenvalue weighted by atomic mass is 16.5. The molecular formula is C18H23N3O2. The Morgan fingerprint density at radius 2 is 1.91 bits per heavy atom. The second kappa shape index (κ2) is 8.19. The van der Waals surface area contributed by atoms with Gasteiger partial charge in [0.25, 0.3) is 0 Å². The smallest absolute Gasteiger partial charge is 0.228 e. The zero-order chi connectivity index (χ0) is 16.7. The molecule has 0 radical (unpaired) electrons. The van der Waals surface area contributed by atoms with Gasteiger partial charge in [-0.2, -0.15) is 0 Å². The van der Waals surface area contributed by atoms with Crippen LogP contribution in [0.3, 0.4) is 0 Å². The molecule has 0 aromatic heterocycles. The van der Waals surface area contributed by atoms with Crippen LogP contribution in [0.1, 0.15) is 5.56 Å². The number of ether oxygens (including phenoxy) is 1. The van der Waals surface area contributed by atoms with Crippen molar-refractivity contribution in [3.63, 3.8) is 0 Å². The molecule has 0 saturated carbocycles. The van der Waals surface area contributed by atoms with Crippen molar-refractivity contribution in [3.8, 4) is 5.75 Å². The van der Waals surface area contributed by atoms with Crippen molar-refractivity contribution in [2.45, 2.75) is 6.42 Å². The first kappa shape index (κ1) is 16.8. The predicted octanol–water partition coefficient (Wildman–Crippen LogP) is 2.39. The number of nitrogens with one attached hydrogen (secondary N) is 1. The second-order valence-electron chi connectivity index (χ2n) is 5.65. The standard InChI is InChI=1S/C18H23N3O2/c1-21(2)10-11-23-17-5-3-4-16(13-17)20-18(22)12-14-6-8-15(19)9-7-14/h3-9,13H,10-12,19H2,1-2H3,(H,20,22). The quantitative estimate of drug-likeness (QED) is 0.770. The van der Waals surface area contributed by atoms with E-state index in [4.69, 9.17) is 10.5 Å². The van der Waals surface area contributed by atoms with Crippen LogP contribution >= 0.6 is 0 Å². The Labute approximate surface area is 137 Å². The highest BCUT2D eigenvalue weighted by Crippen LogP contribution is 2.17. The van der Waals surface area contributed by atoms with Gasteiger partial charge in [0.05, 0.1) is 6.42 Å². The molecule has 0 aliphatic rings. The van der Waals surface area contributed by atoms with Gasteiger partial charge in [-0.3, -0.25) is 4.79 Å². The maximum atomic E-state index is 12.1. The maximum absolute atomic E-state index is 12.1. The number of nitrogens with two attached hydrogens (primary N) is 1. The van der Waals surface area contributed by atoms with Gasteiger partial charge < -0.3 is 20.7 Å². The van der Waals surface area contributed by atoms with Crippen LogP contribution in [0, 0.1) is 0 Å². The first-order valence-electron chi connectivity index (χ1n) is 7.55. The molecule has 0 unspecified atom stereocenters. The lowest BCUT2D eigenvalue weighted by molar-refractivity contribution is -0.115. The number of rotatable bonds is 7. The lowest BCUT2D eigenvalue weighted by Gasteiger charge is -2.12. The fourth-order valence-electron chi connectivity index (χ4n) is 2.04. The van der Waals surface area contributed by atoms with E-state index < -0.39 is 0 Å². The fraction of sp³-hybridized carbons (Fsp3) is 0.278. The van der Waals surface area contributed by atoms with Crippen LogP contribution in [0.15, 0.2) is 48.5 Å². The molecule has 23 heavy (non-hydrogen) atoms. The molecule has 1 amide bonds. The van der Waals surface area contributed by atoms with Crippen LogP contribution < -0.4 is 15.8 Å². The van der Waals surface area contributed by atoms with Gasteiger partial charge in [0, 0.05) is 24.0 Å². The summed E-state index contributed by atoms with van der Waals surface area (Å²) in [6.45, 7) is 1.45. The number of nitrogen functional groups attached to an aromatic ring is 1. The van der Waals surface area contributed by atoms with Crippen LogP contribution in [-0.4, -0.2) is 38.1 Å². The number of amides is 1. The van der Waals surface area contributed by atoms with E-state index in [0.717, 1.165) is 23.5 Å².